The molecule has 0 saturated heterocycles. The minimum absolute atomic E-state index is 0.0337. The van der Waals surface area contributed by atoms with Crippen LogP contribution in [-0.2, 0) is 4.79 Å². The number of hydrogen-bond acceptors (Lipinski definition) is 6. The number of pyridine rings is 1. The molecule has 1 heterocycles. The number of carbonyl (C=O) groups excluding carboxylic acids is 1. The van der Waals surface area contributed by atoms with Crippen molar-refractivity contribution < 1.29 is 14.5 Å². The molecule has 23 heavy (non-hydrogen) atoms. The summed E-state index contributed by atoms with van der Waals surface area (Å²) in [7, 11) is 0. The first-order valence-electron chi connectivity index (χ1n) is 6.68. The van der Waals surface area contributed by atoms with Crippen molar-refractivity contribution in [2.45, 2.75) is 11.8 Å². The number of anilines is 1. The highest BCUT2D eigenvalue weighted by Gasteiger charge is 2.18. The van der Waals surface area contributed by atoms with Crippen LogP contribution in [0.2, 0.25) is 0 Å². The van der Waals surface area contributed by atoms with Crippen LogP contribution < -0.4 is 10.1 Å². The first kappa shape index (κ1) is 16.8. The van der Waals surface area contributed by atoms with Gasteiger partial charge in [0.05, 0.1) is 0 Å². The molecule has 1 N–H and O–H groups in total. The minimum Gasteiger partial charge on any atom is -0.476 e. The molecule has 1 aromatic heterocycles. The van der Waals surface area contributed by atoms with Gasteiger partial charge in [-0.15, -0.1) is 11.8 Å². The fourth-order valence-corrected chi connectivity index (χ4v) is 2.27. The van der Waals surface area contributed by atoms with Gasteiger partial charge in [0.2, 0.25) is 5.75 Å². The Labute approximate surface area is 137 Å². The van der Waals surface area contributed by atoms with E-state index in [1.807, 2.05) is 24.5 Å². The van der Waals surface area contributed by atoms with Crippen molar-refractivity contribution in [2.75, 3.05) is 18.2 Å². The molecular formula is C15H15N3O4S. The van der Waals surface area contributed by atoms with Crippen LogP contribution in [0.15, 0.2) is 41.3 Å². The Hall–Kier alpha value is -2.61. The van der Waals surface area contributed by atoms with Gasteiger partial charge < -0.3 is 20.2 Å². The van der Waals surface area contributed by atoms with Gasteiger partial charge in [0.1, 0.15) is 5.69 Å². The molecule has 120 valence electrons. The lowest BCUT2D eigenvalue weighted by molar-refractivity contribution is -0.390. The van der Waals surface area contributed by atoms with Crippen LogP contribution in [0.3, 0.4) is 0 Å². The van der Waals surface area contributed by atoms with Crippen molar-refractivity contribution >= 4 is 29.2 Å². The molecule has 0 fully saturated rings. The number of carbonyl (C=O) groups is 1. The summed E-state index contributed by atoms with van der Waals surface area (Å²) in [6.07, 6.45) is 1.94. The highest BCUT2D eigenvalue weighted by Crippen LogP contribution is 2.24. The summed E-state index contributed by atoms with van der Waals surface area (Å²) >= 11 is 1.56. The van der Waals surface area contributed by atoms with Crippen LogP contribution in [0.5, 0.6) is 5.75 Å². The number of nitrogens with one attached hydrogen (secondary N) is 1. The zero-order valence-corrected chi connectivity index (χ0v) is 13.4. The van der Waals surface area contributed by atoms with Gasteiger partial charge in [0.25, 0.3) is 5.91 Å². The number of aromatic nitrogens is 1. The fraction of sp³-hybridized carbons (Fsp3) is 0.200. The highest BCUT2D eigenvalue weighted by atomic mass is 32.2. The number of benzene rings is 1. The summed E-state index contributed by atoms with van der Waals surface area (Å²) in [4.78, 5) is 27.0. The molecule has 2 aromatic rings. The van der Waals surface area contributed by atoms with E-state index in [9.17, 15) is 14.9 Å². The zero-order chi connectivity index (χ0) is 16.8. The molecule has 0 saturated carbocycles. The SMILES string of the molecule is CSc1cccc(NC(=O)COc2ccc(C)nc2[N+](=O)[O-])c1. The third-order valence-corrected chi connectivity index (χ3v) is 3.59. The van der Waals surface area contributed by atoms with Gasteiger partial charge in [-0.05, 0) is 46.5 Å². The minimum atomic E-state index is -0.637. The maximum atomic E-state index is 11.9. The quantitative estimate of drug-likeness (QED) is 0.496. The van der Waals surface area contributed by atoms with Gasteiger partial charge in [-0.2, -0.15) is 0 Å². The summed E-state index contributed by atoms with van der Waals surface area (Å²) in [5, 5.41) is 13.6. The number of rotatable bonds is 6. The van der Waals surface area contributed by atoms with Crippen molar-refractivity contribution in [3.63, 3.8) is 0 Å². The van der Waals surface area contributed by atoms with Gasteiger partial charge in [-0.3, -0.25) is 4.79 Å². The van der Waals surface area contributed by atoms with Crippen LogP contribution >= 0.6 is 11.8 Å². The smallest absolute Gasteiger partial charge is 0.406 e. The van der Waals surface area contributed by atoms with Crippen molar-refractivity contribution in [1.29, 1.82) is 0 Å². The molecule has 7 nitrogen and oxygen atoms in total. The van der Waals surface area contributed by atoms with E-state index >= 15 is 0 Å². The van der Waals surface area contributed by atoms with Crippen molar-refractivity contribution in [1.82, 2.24) is 4.98 Å². The van der Waals surface area contributed by atoms with Gasteiger partial charge in [-0.25, -0.2) is 0 Å². The van der Waals surface area contributed by atoms with Crippen LogP contribution in [0.25, 0.3) is 0 Å². The molecule has 1 aromatic carbocycles. The lowest BCUT2D eigenvalue weighted by Gasteiger charge is -2.08. The van der Waals surface area contributed by atoms with Crippen molar-refractivity contribution in [3.8, 4) is 5.75 Å². The number of hydrogen-bond donors (Lipinski definition) is 1. The Bertz CT molecular complexity index is 736. The summed E-state index contributed by atoms with van der Waals surface area (Å²) in [6.45, 7) is 1.30. The molecular weight excluding hydrogens is 318 g/mol. The fourth-order valence-electron chi connectivity index (χ4n) is 1.81. The van der Waals surface area contributed by atoms with E-state index in [4.69, 9.17) is 4.74 Å². The Balaban J connectivity index is 2.00. The standard InChI is InChI=1S/C15H15N3O4S/c1-10-6-7-13(15(16-10)18(20)21)22-9-14(19)17-11-4-3-5-12(8-11)23-2/h3-8H,9H2,1-2H3,(H,17,19). The van der Waals surface area contributed by atoms with E-state index in [2.05, 4.69) is 10.3 Å². The maximum absolute atomic E-state index is 11.9. The van der Waals surface area contributed by atoms with E-state index < -0.39 is 16.6 Å². The first-order valence-corrected chi connectivity index (χ1v) is 7.91. The largest absolute Gasteiger partial charge is 0.476 e. The maximum Gasteiger partial charge on any atom is 0.406 e. The predicted molar refractivity (Wildman–Crippen MR) is 88.0 cm³/mol. The monoisotopic (exact) mass is 333 g/mol. The molecule has 0 radical (unpaired) electrons. The molecule has 0 bridgehead atoms. The molecule has 0 atom stereocenters. The van der Waals surface area contributed by atoms with Gasteiger partial charge >= 0.3 is 5.82 Å². The molecule has 0 aliphatic rings. The number of ether oxygens (including phenoxy) is 1. The lowest BCUT2D eigenvalue weighted by atomic mass is 10.3. The van der Waals surface area contributed by atoms with Gasteiger partial charge in [0, 0.05) is 17.5 Å². The van der Waals surface area contributed by atoms with E-state index in [1.165, 1.54) is 6.07 Å². The molecule has 8 heteroatoms. The molecule has 0 aliphatic heterocycles. The Kier molecular flexibility index (Phi) is 5.53. The van der Waals surface area contributed by atoms with Gasteiger partial charge in [-0.1, -0.05) is 6.07 Å². The Morgan fingerprint density at radius 2 is 2.17 bits per heavy atom. The van der Waals surface area contributed by atoms with Gasteiger partial charge in [0.15, 0.2) is 6.61 Å². The normalized spacial score (nSPS) is 10.2. The summed E-state index contributed by atoms with van der Waals surface area (Å²) < 4.78 is 5.22. The second kappa shape index (κ2) is 7.59. The second-order valence-corrected chi connectivity index (χ2v) is 5.48. The third kappa shape index (κ3) is 4.68. The summed E-state index contributed by atoms with van der Waals surface area (Å²) in [5.74, 6) is -0.839. The average molecular weight is 333 g/mol. The molecule has 0 aliphatic carbocycles. The molecule has 0 unspecified atom stereocenters. The first-order chi connectivity index (χ1) is 11.0. The molecule has 1 amide bonds. The lowest BCUT2D eigenvalue weighted by Crippen LogP contribution is -2.20. The predicted octanol–water partition coefficient (Wildman–Crippen LogP) is 3.04. The van der Waals surface area contributed by atoms with Crippen LogP contribution in [-0.4, -0.2) is 28.7 Å². The average Bonchev–Trinajstić information content (AvgIpc) is 2.53. The number of nitrogens with zero attached hydrogens (tertiary/aromatic N) is 2. The van der Waals surface area contributed by atoms with E-state index in [-0.39, 0.29) is 12.4 Å². The van der Waals surface area contributed by atoms with E-state index in [1.54, 1.807) is 30.8 Å². The van der Waals surface area contributed by atoms with E-state index in [0.717, 1.165) is 4.90 Å². The van der Waals surface area contributed by atoms with Crippen LogP contribution in [0.4, 0.5) is 11.5 Å². The highest BCUT2D eigenvalue weighted by molar-refractivity contribution is 7.98. The van der Waals surface area contributed by atoms with E-state index in [0.29, 0.717) is 11.4 Å². The van der Waals surface area contributed by atoms with Crippen molar-refractivity contribution in [2.24, 2.45) is 0 Å². The third-order valence-electron chi connectivity index (χ3n) is 2.86. The second-order valence-electron chi connectivity index (χ2n) is 4.60. The number of amides is 1. The molecule has 2 rings (SSSR count). The van der Waals surface area contributed by atoms with Crippen molar-refractivity contribution in [3.05, 3.63) is 52.2 Å². The van der Waals surface area contributed by atoms with Crippen LogP contribution in [0, 0.1) is 17.0 Å². The van der Waals surface area contributed by atoms with Crippen LogP contribution in [0.1, 0.15) is 5.69 Å². The number of nitro groups is 1. The zero-order valence-electron chi connectivity index (χ0n) is 12.6. The number of aryl methyl sites for hydroxylation is 1. The number of thioether (sulfide) groups is 1. The summed E-state index contributed by atoms with van der Waals surface area (Å²) in [5.41, 5.74) is 1.14. The Morgan fingerprint density at radius 3 is 2.87 bits per heavy atom. The Morgan fingerprint density at radius 1 is 1.39 bits per heavy atom. The summed E-state index contributed by atoms with van der Waals surface area (Å²) in [6, 6.07) is 10.4. The topological polar surface area (TPSA) is 94.4 Å². The molecule has 0 spiro atoms.